The highest BCUT2D eigenvalue weighted by Crippen LogP contribution is 2.37. The van der Waals surface area contributed by atoms with Crippen molar-refractivity contribution in [3.63, 3.8) is 0 Å². The molecule has 3 amide bonds. The van der Waals surface area contributed by atoms with Gasteiger partial charge in [-0.2, -0.15) is 0 Å². The summed E-state index contributed by atoms with van der Waals surface area (Å²) in [4.78, 5) is 51.4. The summed E-state index contributed by atoms with van der Waals surface area (Å²) in [6.07, 6.45) is 4.94. The quantitative estimate of drug-likeness (QED) is 0.443. The smallest absolute Gasteiger partial charge is 0.338 e. The van der Waals surface area contributed by atoms with Crippen LogP contribution in [0.5, 0.6) is 0 Å². The molecule has 1 N–H and O–H groups in total. The lowest BCUT2D eigenvalue weighted by atomic mass is 9.85. The Bertz CT molecular complexity index is 1110. The van der Waals surface area contributed by atoms with Gasteiger partial charge >= 0.3 is 5.97 Å². The van der Waals surface area contributed by atoms with Gasteiger partial charge in [0.25, 0.3) is 5.91 Å². The molecule has 2 aromatic carbocycles. The van der Waals surface area contributed by atoms with E-state index < -0.39 is 18.5 Å². The summed E-state index contributed by atoms with van der Waals surface area (Å²) in [5.74, 6) is -2.36. The average molecular weight is 432 g/mol. The molecular formula is C25H24N2O5. The van der Waals surface area contributed by atoms with E-state index in [-0.39, 0.29) is 29.2 Å². The van der Waals surface area contributed by atoms with E-state index in [4.69, 9.17) is 4.74 Å². The molecule has 7 heteroatoms. The van der Waals surface area contributed by atoms with Gasteiger partial charge in [-0.25, -0.2) is 4.79 Å². The second-order valence-electron chi connectivity index (χ2n) is 8.16. The standard InChI is InChI=1S/C25H24N2O5/c1-15-10-11-16(2)21(12-15)26-22(28)14-32-25(31)17-6-5-7-18(13-17)27-23(29)19-8-3-4-9-20(19)24(27)30/h3-7,10-13,19-20H,8-9,14H2,1-2H3,(H,26,28)/t19-,20+. The van der Waals surface area contributed by atoms with Crippen molar-refractivity contribution < 1.29 is 23.9 Å². The number of anilines is 2. The minimum atomic E-state index is -0.707. The molecule has 1 fully saturated rings. The third kappa shape index (κ3) is 4.19. The van der Waals surface area contributed by atoms with E-state index in [9.17, 15) is 19.2 Å². The molecule has 0 spiro atoms. The number of nitrogens with zero attached hydrogens (tertiary/aromatic N) is 1. The third-order valence-corrected chi connectivity index (χ3v) is 5.85. The van der Waals surface area contributed by atoms with Crippen LogP contribution >= 0.6 is 0 Å². The summed E-state index contributed by atoms with van der Waals surface area (Å²) in [5.41, 5.74) is 3.06. The molecule has 4 rings (SSSR count). The summed E-state index contributed by atoms with van der Waals surface area (Å²) in [5, 5.41) is 2.73. The van der Waals surface area contributed by atoms with E-state index >= 15 is 0 Å². The van der Waals surface area contributed by atoms with E-state index in [1.165, 1.54) is 12.1 Å². The maximum atomic E-state index is 12.8. The van der Waals surface area contributed by atoms with E-state index in [0.29, 0.717) is 24.2 Å². The number of esters is 1. The van der Waals surface area contributed by atoms with E-state index in [2.05, 4.69) is 5.32 Å². The van der Waals surface area contributed by atoms with Gasteiger partial charge in [0, 0.05) is 5.69 Å². The number of fused-ring (bicyclic) bond motifs is 1. The number of nitrogens with one attached hydrogen (secondary N) is 1. The molecule has 1 aliphatic heterocycles. The van der Waals surface area contributed by atoms with Gasteiger partial charge in [-0.3, -0.25) is 19.3 Å². The molecule has 0 radical (unpaired) electrons. The van der Waals surface area contributed by atoms with Gasteiger partial charge in [0.1, 0.15) is 0 Å². The lowest BCUT2D eigenvalue weighted by Gasteiger charge is -2.15. The van der Waals surface area contributed by atoms with Crippen LogP contribution < -0.4 is 10.2 Å². The highest BCUT2D eigenvalue weighted by atomic mass is 16.5. The van der Waals surface area contributed by atoms with Crippen molar-refractivity contribution in [3.8, 4) is 0 Å². The van der Waals surface area contributed by atoms with Crippen LogP contribution in [0.3, 0.4) is 0 Å². The predicted octanol–water partition coefficient (Wildman–Crippen LogP) is 3.55. The Kier molecular flexibility index (Phi) is 5.90. The first kappa shape index (κ1) is 21.5. The second-order valence-corrected chi connectivity index (χ2v) is 8.16. The van der Waals surface area contributed by atoms with Crippen LogP contribution in [-0.2, 0) is 19.1 Å². The van der Waals surface area contributed by atoms with Crippen LogP contribution in [0.4, 0.5) is 11.4 Å². The Morgan fingerprint density at radius 2 is 1.69 bits per heavy atom. The fourth-order valence-electron chi connectivity index (χ4n) is 4.10. The maximum Gasteiger partial charge on any atom is 0.338 e. The Hall–Kier alpha value is -3.74. The fourth-order valence-corrected chi connectivity index (χ4v) is 4.10. The molecule has 0 aromatic heterocycles. The molecule has 32 heavy (non-hydrogen) atoms. The van der Waals surface area contributed by atoms with Gasteiger partial charge < -0.3 is 10.1 Å². The molecule has 2 aromatic rings. The topological polar surface area (TPSA) is 92.8 Å². The average Bonchev–Trinajstić information content (AvgIpc) is 3.05. The van der Waals surface area contributed by atoms with Gasteiger partial charge in [0.15, 0.2) is 6.61 Å². The minimum absolute atomic E-state index is 0.163. The van der Waals surface area contributed by atoms with Gasteiger partial charge in [0.2, 0.25) is 11.8 Å². The zero-order chi connectivity index (χ0) is 22.8. The molecule has 7 nitrogen and oxygen atoms in total. The summed E-state index contributed by atoms with van der Waals surface area (Å²) >= 11 is 0. The summed E-state index contributed by atoms with van der Waals surface area (Å²) in [7, 11) is 0. The normalized spacial score (nSPS) is 19.6. The van der Waals surface area contributed by atoms with Crippen LogP contribution in [0.25, 0.3) is 0 Å². The van der Waals surface area contributed by atoms with Crippen molar-refractivity contribution >= 4 is 35.1 Å². The number of rotatable bonds is 5. The Morgan fingerprint density at radius 1 is 1.00 bits per heavy atom. The van der Waals surface area contributed by atoms with Crippen molar-refractivity contribution in [1.82, 2.24) is 0 Å². The van der Waals surface area contributed by atoms with Crippen molar-refractivity contribution in [1.29, 1.82) is 0 Å². The molecule has 2 atom stereocenters. The Balaban J connectivity index is 1.41. The molecule has 1 saturated heterocycles. The molecule has 1 heterocycles. The van der Waals surface area contributed by atoms with Crippen molar-refractivity contribution in [2.75, 3.05) is 16.8 Å². The second kappa shape index (κ2) is 8.78. The molecule has 164 valence electrons. The lowest BCUT2D eigenvalue weighted by molar-refractivity contribution is -0.122. The van der Waals surface area contributed by atoms with Crippen molar-refractivity contribution in [3.05, 3.63) is 71.3 Å². The van der Waals surface area contributed by atoms with E-state index in [1.54, 1.807) is 12.1 Å². The largest absolute Gasteiger partial charge is 0.452 e. The van der Waals surface area contributed by atoms with Gasteiger partial charge in [-0.1, -0.05) is 30.4 Å². The number of carbonyl (C=O) groups is 4. The Labute approximate surface area is 186 Å². The fraction of sp³-hybridized carbons (Fsp3) is 0.280. The van der Waals surface area contributed by atoms with Crippen molar-refractivity contribution in [2.24, 2.45) is 11.8 Å². The number of allylic oxidation sites excluding steroid dienone is 2. The minimum Gasteiger partial charge on any atom is -0.452 e. The SMILES string of the molecule is Cc1ccc(C)c(NC(=O)COC(=O)c2cccc(N3C(=O)[C@H]4CC=CC[C@H]4C3=O)c2)c1. The summed E-state index contributed by atoms with van der Waals surface area (Å²) < 4.78 is 5.15. The molecule has 2 aliphatic rings. The number of hydrogen-bond acceptors (Lipinski definition) is 5. The highest BCUT2D eigenvalue weighted by molar-refractivity contribution is 6.22. The highest BCUT2D eigenvalue weighted by Gasteiger charge is 2.47. The molecule has 0 bridgehead atoms. The molecule has 1 aliphatic carbocycles. The first-order chi connectivity index (χ1) is 15.3. The van der Waals surface area contributed by atoms with Crippen molar-refractivity contribution in [2.45, 2.75) is 26.7 Å². The maximum absolute atomic E-state index is 12.8. The number of carbonyl (C=O) groups excluding carboxylic acids is 4. The van der Waals surface area contributed by atoms with Crippen LogP contribution in [0, 0.1) is 25.7 Å². The molecule has 0 saturated carbocycles. The van der Waals surface area contributed by atoms with Crippen LogP contribution in [0.2, 0.25) is 0 Å². The molecule has 0 unspecified atom stereocenters. The van der Waals surface area contributed by atoms with Crippen LogP contribution in [0.15, 0.2) is 54.6 Å². The van der Waals surface area contributed by atoms with Gasteiger partial charge in [-0.05, 0) is 62.1 Å². The lowest BCUT2D eigenvalue weighted by Crippen LogP contribution is -2.31. The number of amides is 3. The van der Waals surface area contributed by atoms with Gasteiger partial charge in [-0.15, -0.1) is 0 Å². The summed E-state index contributed by atoms with van der Waals surface area (Å²) in [6.45, 7) is 3.34. The monoisotopic (exact) mass is 432 g/mol. The van der Waals surface area contributed by atoms with Gasteiger partial charge in [0.05, 0.1) is 23.1 Å². The predicted molar refractivity (Wildman–Crippen MR) is 119 cm³/mol. The first-order valence-corrected chi connectivity index (χ1v) is 10.5. The zero-order valence-corrected chi connectivity index (χ0v) is 18.0. The van der Waals surface area contributed by atoms with Crippen LogP contribution in [0.1, 0.15) is 34.3 Å². The summed E-state index contributed by atoms with van der Waals surface area (Å²) in [6, 6.07) is 11.9. The van der Waals surface area contributed by atoms with Crippen LogP contribution in [-0.4, -0.2) is 30.3 Å². The third-order valence-electron chi connectivity index (χ3n) is 5.85. The van der Waals surface area contributed by atoms with E-state index in [0.717, 1.165) is 16.0 Å². The number of aryl methyl sites for hydroxylation is 2. The first-order valence-electron chi connectivity index (χ1n) is 10.5. The Morgan fingerprint density at radius 3 is 2.38 bits per heavy atom. The zero-order valence-electron chi connectivity index (χ0n) is 18.0. The molecular weight excluding hydrogens is 408 g/mol. The number of hydrogen-bond donors (Lipinski definition) is 1. The van der Waals surface area contributed by atoms with E-state index in [1.807, 2.05) is 44.2 Å². The number of benzene rings is 2. The number of ether oxygens (including phenoxy) is 1. The number of imide groups is 1.